The molecule has 0 radical (unpaired) electrons. The summed E-state index contributed by atoms with van der Waals surface area (Å²) >= 11 is 0. The van der Waals surface area contributed by atoms with Crippen LogP contribution in [0.5, 0.6) is 11.5 Å². The van der Waals surface area contributed by atoms with Gasteiger partial charge in [0.15, 0.2) is 11.5 Å². The fourth-order valence-corrected chi connectivity index (χ4v) is 7.53. The fourth-order valence-electron chi connectivity index (χ4n) is 6.03. The molecule has 1 aliphatic heterocycles. The summed E-state index contributed by atoms with van der Waals surface area (Å²) in [5, 5.41) is 3.03. The van der Waals surface area contributed by atoms with E-state index in [0.717, 1.165) is 25.7 Å². The summed E-state index contributed by atoms with van der Waals surface area (Å²) in [6.45, 7) is 1.13. The van der Waals surface area contributed by atoms with Crippen molar-refractivity contribution in [3.63, 3.8) is 0 Å². The molecule has 0 spiro atoms. The van der Waals surface area contributed by atoms with E-state index in [1.807, 2.05) is 0 Å². The largest absolute Gasteiger partial charge is 0.493 e. The summed E-state index contributed by atoms with van der Waals surface area (Å²) in [5.74, 6) is 1.74. The highest BCUT2D eigenvalue weighted by molar-refractivity contribution is 7.89. The molecule has 40 heavy (non-hydrogen) atoms. The van der Waals surface area contributed by atoms with Crippen LogP contribution in [-0.4, -0.2) is 84.2 Å². The third-order valence-electron chi connectivity index (χ3n) is 8.17. The lowest BCUT2D eigenvalue weighted by Crippen LogP contribution is -2.37. The van der Waals surface area contributed by atoms with E-state index in [2.05, 4.69) is 54.6 Å². The molecule has 2 aromatic rings. The van der Waals surface area contributed by atoms with Crippen molar-refractivity contribution in [2.45, 2.75) is 49.1 Å². The molecule has 1 amide bonds. The Morgan fingerprint density at radius 3 is 2.35 bits per heavy atom. The van der Waals surface area contributed by atoms with Crippen molar-refractivity contribution in [1.82, 2.24) is 14.5 Å². The maximum atomic E-state index is 13.1. The van der Waals surface area contributed by atoms with Crippen molar-refractivity contribution < 1.29 is 27.4 Å². The van der Waals surface area contributed by atoms with E-state index in [1.54, 1.807) is 6.07 Å². The highest BCUT2D eigenvalue weighted by Gasteiger charge is 2.34. The van der Waals surface area contributed by atoms with Gasteiger partial charge in [-0.2, -0.15) is 4.31 Å². The monoisotopic (exact) mass is 573 g/mol. The lowest BCUT2D eigenvalue weighted by atomic mass is 9.76. The standard InChI is InChI=1S/C30H43N3O6S/c1-32(2)30(23-8-6-5-7-9-23)24-12-10-22(11-13-24)19-31-29(34)21-39-25-16-17-33(20-25)40(35,36)26-14-15-27(37-3)28(18-26)38-4/h5-9,14-15,18,22,24-25,30H,10-13,16-17,19-21H2,1-4H3,(H,31,34). The zero-order chi connectivity index (χ0) is 28.7. The number of benzene rings is 2. The van der Waals surface area contributed by atoms with E-state index in [9.17, 15) is 13.2 Å². The van der Waals surface area contributed by atoms with Crippen LogP contribution in [0.15, 0.2) is 53.4 Å². The van der Waals surface area contributed by atoms with E-state index < -0.39 is 10.0 Å². The summed E-state index contributed by atoms with van der Waals surface area (Å²) in [6.07, 6.45) is 4.68. The maximum Gasteiger partial charge on any atom is 0.246 e. The summed E-state index contributed by atoms with van der Waals surface area (Å²) in [4.78, 5) is 15.0. The Bertz CT molecular complexity index is 1220. The molecule has 1 N–H and O–H groups in total. The molecule has 1 saturated carbocycles. The van der Waals surface area contributed by atoms with Crippen LogP contribution in [-0.2, 0) is 19.6 Å². The molecule has 4 rings (SSSR count). The minimum atomic E-state index is -3.71. The highest BCUT2D eigenvalue weighted by atomic mass is 32.2. The van der Waals surface area contributed by atoms with Gasteiger partial charge >= 0.3 is 0 Å². The molecule has 1 heterocycles. The van der Waals surface area contributed by atoms with Crippen LogP contribution in [0.4, 0.5) is 0 Å². The van der Waals surface area contributed by atoms with Crippen LogP contribution in [0.3, 0.4) is 0 Å². The number of ether oxygens (including phenoxy) is 3. The van der Waals surface area contributed by atoms with Gasteiger partial charge in [0.05, 0.1) is 25.2 Å². The Labute approximate surface area is 238 Å². The van der Waals surface area contributed by atoms with Gasteiger partial charge in [0.25, 0.3) is 0 Å². The van der Waals surface area contributed by atoms with E-state index in [4.69, 9.17) is 14.2 Å². The minimum Gasteiger partial charge on any atom is -0.493 e. The van der Waals surface area contributed by atoms with Crippen molar-refractivity contribution >= 4 is 15.9 Å². The average molecular weight is 574 g/mol. The van der Waals surface area contributed by atoms with Crippen molar-refractivity contribution in [1.29, 1.82) is 0 Å². The average Bonchev–Trinajstić information content (AvgIpc) is 3.46. The maximum absolute atomic E-state index is 13.1. The van der Waals surface area contributed by atoms with Crippen molar-refractivity contribution in [3.8, 4) is 11.5 Å². The Balaban J connectivity index is 1.19. The van der Waals surface area contributed by atoms with Crippen LogP contribution < -0.4 is 14.8 Å². The zero-order valence-electron chi connectivity index (χ0n) is 24.0. The van der Waals surface area contributed by atoms with E-state index >= 15 is 0 Å². The number of rotatable bonds is 12. The molecule has 1 aliphatic carbocycles. The molecule has 220 valence electrons. The molecule has 2 unspecified atom stereocenters. The number of methoxy groups -OCH3 is 2. The second-order valence-electron chi connectivity index (χ2n) is 11.0. The second kappa shape index (κ2) is 13.8. The SMILES string of the molecule is COc1ccc(S(=O)(=O)N2CCC(OCC(=O)NCC3CCC(C(c4ccccc4)N(C)C)CC3)C2)cc1OC. The summed E-state index contributed by atoms with van der Waals surface area (Å²) in [7, 11) is 3.56. The van der Waals surface area contributed by atoms with Crippen LogP contribution in [0, 0.1) is 11.8 Å². The lowest BCUT2D eigenvalue weighted by Gasteiger charge is -2.37. The molecule has 9 nitrogen and oxygen atoms in total. The molecular weight excluding hydrogens is 530 g/mol. The van der Waals surface area contributed by atoms with Crippen molar-refractivity contribution in [2.24, 2.45) is 11.8 Å². The van der Waals surface area contributed by atoms with E-state index in [-0.39, 0.29) is 30.1 Å². The smallest absolute Gasteiger partial charge is 0.246 e. The zero-order valence-corrected chi connectivity index (χ0v) is 24.9. The third-order valence-corrected chi connectivity index (χ3v) is 10.0. The third kappa shape index (κ3) is 7.34. The van der Waals surface area contributed by atoms with Gasteiger partial charge in [0.1, 0.15) is 6.61 Å². The normalized spacial score (nSPS) is 22.7. The van der Waals surface area contributed by atoms with Gasteiger partial charge in [-0.1, -0.05) is 30.3 Å². The summed E-state index contributed by atoms with van der Waals surface area (Å²) in [5.41, 5.74) is 1.36. The number of nitrogens with zero attached hydrogens (tertiary/aromatic N) is 2. The first-order valence-corrected chi connectivity index (χ1v) is 15.5. The number of hydrogen-bond donors (Lipinski definition) is 1. The molecule has 0 bridgehead atoms. The van der Waals surface area contributed by atoms with Crippen molar-refractivity contribution in [2.75, 3.05) is 54.6 Å². The van der Waals surface area contributed by atoms with Crippen LogP contribution in [0.25, 0.3) is 0 Å². The summed E-state index contributed by atoms with van der Waals surface area (Å²) < 4.78 is 43.9. The Kier molecular flexibility index (Phi) is 10.5. The topological polar surface area (TPSA) is 97.4 Å². The molecule has 2 aliphatic rings. The summed E-state index contributed by atoms with van der Waals surface area (Å²) in [6, 6.07) is 15.7. The molecule has 2 fully saturated rings. The Morgan fingerprint density at radius 2 is 1.70 bits per heavy atom. The van der Waals surface area contributed by atoms with Crippen LogP contribution in [0.2, 0.25) is 0 Å². The van der Waals surface area contributed by atoms with Gasteiger partial charge in [-0.25, -0.2) is 8.42 Å². The quantitative estimate of drug-likeness (QED) is 0.414. The van der Waals surface area contributed by atoms with Crippen LogP contribution in [0.1, 0.15) is 43.7 Å². The van der Waals surface area contributed by atoms with Gasteiger partial charge in [-0.05, 0) is 75.7 Å². The van der Waals surface area contributed by atoms with E-state index in [1.165, 1.54) is 36.2 Å². The first kappa shape index (κ1) is 30.3. The van der Waals surface area contributed by atoms with Crippen LogP contribution >= 0.6 is 0 Å². The molecular formula is C30H43N3O6S. The second-order valence-corrected chi connectivity index (χ2v) is 12.9. The molecule has 2 aromatic carbocycles. The first-order valence-electron chi connectivity index (χ1n) is 14.0. The van der Waals surface area contributed by atoms with Gasteiger partial charge in [0.2, 0.25) is 15.9 Å². The Hall–Kier alpha value is -2.66. The number of nitrogens with one attached hydrogen (secondary N) is 1. The lowest BCUT2D eigenvalue weighted by molar-refractivity contribution is -0.127. The number of hydrogen-bond acceptors (Lipinski definition) is 7. The van der Waals surface area contributed by atoms with Gasteiger partial charge in [0, 0.05) is 31.7 Å². The van der Waals surface area contributed by atoms with Crippen molar-refractivity contribution in [3.05, 3.63) is 54.1 Å². The molecule has 1 saturated heterocycles. The number of amides is 1. The highest BCUT2D eigenvalue weighted by Crippen LogP contribution is 2.39. The molecule has 2 atom stereocenters. The minimum absolute atomic E-state index is 0.0685. The van der Waals surface area contributed by atoms with E-state index in [0.29, 0.717) is 48.9 Å². The van der Waals surface area contributed by atoms with Gasteiger partial charge < -0.3 is 24.4 Å². The van der Waals surface area contributed by atoms with Gasteiger partial charge in [-0.15, -0.1) is 0 Å². The molecule has 10 heteroatoms. The fraction of sp³-hybridized carbons (Fsp3) is 0.567. The predicted octanol–water partition coefficient (Wildman–Crippen LogP) is 3.71. The van der Waals surface area contributed by atoms with Gasteiger partial charge in [-0.3, -0.25) is 4.79 Å². The number of carbonyl (C=O) groups is 1. The first-order chi connectivity index (χ1) is 19.2. The predicted molar refractivity (Wildman–Crippen MR) is 154 cm³/mol. The Morgan fingerprint density at radius 1 is 1.00 bits per heavy atom. The number of sulfonamides is 1. The number of carbonyl (C=O) groups excluding carboxylic acids is 1. The molecule has 0 aromatic heterocycles.